The minimum atomic E-state index is -3.35. The number of rotatable bonds is 5. The second kappa shape index (κ2) is 7.26. The Balaban J connectivity index is 2.17. The predicted molar refractivity (Wildman–Crippen MR) is 100 cm³/mol. The summed E-state index contributed by atoms with van der Waals surface area (Å²) in [4.78, 5) is 4.69. The van der Waals surface area contributed by atoms with Crippen molar-refractivity contribution in [1.82, 2.24) is 10.3 Å². The van der Waals surface area contributed by atoms with Crippen LogP contribution < -0.4 is 5.32 Å². The Morgan fingerprint density at radius 1 is 1.20 bits per heavy atom. The molecule has 25 heavy (non-hydrogen) atoms. The van der Waals surface area contributed by atoms with Crippen molar-refractivity contribution in [3.63, 3.8) is 0 Å². The van der Waals surface area contributed by atoms with Crippen LogP contribution in [0.4, 0.5) is 0 Å². The van der Waals surface area contributed by atoms with Crippen LogP contribution in [0.5, 0.6) is 0 Å². The quantitative estimate of drug-likeness (QED) is 0.881. The maximum absolute atomic E-state index is 13.2. The van der Waals surface area contributed by atoms with Gasteiger partial charge in [-0.2, -0.15) is 0 Å². The van der Waals surface area contributed by atoms with Crippen LogP contribution in [0.2, 0.25) is 0 Å². The Labute approximate surface area is 150 Å². The molecule has 1 aromatic carbocycles. The van der Waals surface area contributed by atoms with Gasteiger partial charge in [-0.05, 0) is 36.1 Å². The molecule has 2 heterocycles. The van der Waals surface area contributed by atoms with E-state index < -0.39 is 15.4 Å². The van der Waals surface area contributed by atoms with Gasteiger partial charge in [-0.3, -0.25) is 10.3 Å². The number of unbranched alkanes of at least 4 members (excludes halogenated alkanes) is 1. The first-order chi connectivity index (χ1) is 12.0. The Morgan fingerprint density at radius 3 is 2.68 bits per heavy atom. The largest absolute Gasteiger partial charge is 0.300 e. The fraction of sp³-hybridized carbons (Fsp3) is 0.450. The first-order valence-corrected chi connectivity index (χ1v) is 10.7. The van der Waals surface area contributed by atoms with Crippen LogP contribution in [-0.4, -0.2) is 24.7 Å². The molecule has 1 N–H and O–H groups in total. The van der Waals surface area contributed by atoms with Gasteiger partial charge in [0.05, 0.1) is 16.7 Å². The molecule has 0 amide bonds. The second-order valence-electron chi connectivity index (χ2n) is 6.90. The second-order valence-corrected chi connectivity index (χ2v) is 8.86. The molecule has 0 radical (unpaired) electrons. The first kappa shape index (κ1) is 18.1. The van der Waals surface area contributed by atoms with Crippen molar-refractivity contribution in [2.75, 3.05) is 5.75 Å². The van der Waals surface area contributed by atoms with Crippen LogP contribution in [0.3, 0.4) is 0 Å². The van der Waals surface area contributed by atoms with E-state index in [1.54, 1.807) is 12.3 Å². The lowest BCUT2D eigenvalue weighted by Crippen LogP contribution is -2.50. The molecular formula is C20H26N2O2S. The number of sulfone groups is 1. The SMILES string of the molecule is CCCC[C@]1(CC)CS(=O)(=O)c2ccccc2[C@@H](c2cccnc2)N1. The van der Waals surface area contributed by atoms with Crippen molar-refractivity contribution in [2.45, 2.75) is 56.0 Å². The Bertz CT molecular complexity index is 821. The molecule has 4 nitrogen and oxygen atoms in total. The molecule has 0 saturated carbocycles. The average molecular weight is 359 g/mol. The number of nitrogens with one attached hydrogen (secondary N) is 1. The highest BCUT2D eigenvalue weighted by Gasteiger charge is 2.41. The van der Waals surface area contributed by atoms with Gasteiger partial charge < -0.3 is 0 Å². The van der Waals surface area contributed by atoms with Gasteiger partial charge in [-0.1, -0.05) is 51.0 Å². The third kappa shape index (κ3) is 3.62. The van der Waals surface area contributed by atoms with Crippen molar-refractivity contribution >= 4 is 9.84 Å². The van der Waals surface area contributed by atoms with Crippen molar-refractivity contribution in [3.05, 3.63) is 59.9 Å². The topological polar surface area (TPSA) is 59.1 Å². The predicted octanol–water partition coefficient (Wildman–Crippen LogP) is 3.89. The van der Waals surface area contributed by atoms with Gasteiger partial charge in [0, 0.05) is 17.9 Å². The number of benzene rings is 1. The number of nitrogens with zero attached hydrogens (tertiary/aromatic N) is 1. The van der Waals surface area contributed by atoms with E-state index in [1.165, 1.54) is 0 Å². The smallest absolute Gasteiger partial charge is 0.180 e. The Morgan fingerprint density at radius 2 is 2.00 bits per heavy atom. The first-order valence-electron chi connectivity index (χ1n) is 9.00. The normalized spacial score (nSPS) is 25.1. The molecule has 2 atom stereocenters. The van der Waals surface area contributed by atoms with Gasteiger partial charge in [0.1, 0.15) is 0 Å². The van der Waals surface area contributed by atoms with Crippen LogP contribution in [0, 0.1) is 0 Å². The van der Waals surface area contributed by atoms with E-state index in [4.69, 9.17) is 0 Å². The zero-order chi connectivity index (χ0) is 17.9. The summed E-state index contributed by atoms with van der Waals surface area (Å²) in [7, 11) is -3.35. The van der Waals surface area contributed by atoms with Gasteiger partial charge in [0.25, 0.3) is 0 Å². The van der Waals surface area contributed by atoms with Crippen molar-refractivity contribution in [1.29, 1.82) is 0 Å². The van der Waals surface area contributed by atoms with E-state index in [0.29, 0.717) is 4.90 Å². The summed E-state index contributed by atoms with van der Waals surface area (Å²) >= 11 is 0. The maximum atomic E-state index is 13.2. The van der Waals surface area contributed by atoms with Crippen LogP contribution in [0.1, 0.15) is 56.7 Å². The summed E-state index contributed by atoms with van der Waals surface area (Å²) in [5, 5.41) is 3.72. The standard InChI is InChI=1S/C20H26N2O2S/c1-3-5-12-20(4-2)15-25(23,24)18-11-7-6-10-17(18)19(22-20)16-9-8-13-21-14-16/h6-11,13-14,19,22H,3-5,12,15H2,1-2H3/t19-,20-/m1/s1. The molecular weight excluding hydrogens is 332 g/mol. The summed E-state index contributed by atoms with van der Waals surface area (Å²) in [5.41, 5.74) is 1.40. The van der Waals surface area contributed by atoms with Crippen molar-refractivity contribution < 1.29 is 8.42 Å². The molecule has 0 fully saturated rings. The molecule has 0 aliphatic carbocycles. The minimum absolute atomic E-state index is 0.143. The summed E-state index contributed by atoms with van der Waals surface area (Å²) in [6.07, 6.45) is 7.25. The summed E-state index contributed by atoms with van der Waals surface area (Å²) in [6, 6.07) is 11.1. The average Bonchev–Trinajstić information content (AvgIpc) is 2.74. The number of hydrogen-bond donors (Lipinski definition) is 1. The van der Waals surface area contributed by atoms with Crippen LogP contribution in [0.15, 0.2) is 53.7 Å². The fourth-order valence-electron chi connectivity index (χ4n) is 3.72. The molecule has 134 valence electrons. The third-order valence-corrected chi connectivity index (χ3v) is 7.16. The molecule has 1 aliphatic heterocycles. The Kier molecular flexibility index (Phi) is 5.25. The van der Waals surface area contributed by atoms with Gasteiger partial charge in [0.15, 0.2) is 9.84 Å². The molecule has 2 aromatic rings. The van der Waals surface area contributed by atoms with E-state index in [0.717, 1.165) is 36.8 Å². The molecule has 5 heteroatoms. The maximum Gasteiger partial charge on any atom is 0.180 e. The number of aromatic nitrogens is 1. The van der Waals surface area contributed by atoms with Crippen molar-refractivity contribution in [3.8, 4) is 0 Å². The van der Waals surface area contributed by atoms with E-state index >= 15 is 0 Å². The minimum Gasteiger partial charge on any atom is -0.300 e. The highest BCUT2D eigenvalue weighted by molar-refractivity contribution is 7.91. The van der Waals surface area contributed by atoms with Gasteiger partial charge >= 0.3 is 0 Å². The highest BCUT2D eigenvalue weighted by Crippen LogP contribution is 2.37. The van der Waals surface area contributed by atoms with Gasteiger partial charge in [0.2, 0.25) is 0 Å². The molecule has 1 aliphatic rings. The molecule has 0 unspecified atom stereocenters. The molecule has 3 rings (SSSR count). The molecule has 0 bridgehead atoms. The summed E-state index contributed by atoms with van der Waals surface area (Å²) in [6.45, 7) is 4.22. The summed E-state index contributed by atoms with van der Waals surface area (Å²) < 4.78 is 26.3. The number of hydrogen-bond acceptors (Lipinski definition) is 4. The molecule has 0 spiro atoms. The lowest BCUT2D eigenvalue weighted by atomic mass is 9.88. The fourth-order valence-corrected chi connectivity index (χ4v) is 5.87. The monoisotopic (exact) mass is 358 g/mol. The van der Waals surface area contributed by atoms with Crippen LogP contribution >= 0.6 is 0 Å². The van der Waals surface area contributed by atoms with Crippen LogP contribution in [-0.2, 0) is 9.84 Å². The van der Waals surface area contributed by atoms with Crippen molar-refractivity contribution in [2.24, 2.45) is 0 Å². The van der Waals surface area contributed by atoms with Crippen LogP contribution in [0.25, 0.3) is 0 Å². The zero-order valence-electron chi connectivity index (χ0n) is 14.9. The van der Waals surface area contributed by atoms with E-state index in [1.807, 2.05) is 36.5 Å². The van der Waals surface area contributed by atoms with E-state index in [9.17, 15) is 8.42 Å². The summed E-state index contributed by atoms with van der Waals surface area (Å²) in [5.74, 6) is 0.143. The van der Waals surface area contributed by atoms with Gasteiger partial charge in [-0.25, -0.2) is 8.42 Å². The Hall–Kier alpha value is -1.72. The van der Waals surface area contributed by atoms with E-state index in [2.05, 4.69) is 24.1 Å². The van der Waals surface area contributed by atoms with E-state index in [-0.39, 0.29) is 11.8 Å². The highest BCUT2D eigenvalue weighted by atomic mass is 32.2. The lowest BCUT2D eigenvalue weighted by molar-refractivity contribution is 0.294. The number of fused-ring (bicyclic) bond motifs is 1. The molecule has 0 saturated heterocycles. The molecule has 1 aromatic heterocycles. The van der Waals surface area contributed by atoms with Gasteiger partial charge in [-0.15, -0.1) is 0 Å². The number of pyridine rings is 1. The lowest BCUT2D eigenvalue weighted by Gasteiger charge is -2.35. The third-order valence-electron chi connectivity index (χ3n) is 5.19. The zero-order valence-corrected chi connectivity index (χ0v) is 15.7.